The second kappa shape index (κ2) is 11.0. The molecule has 1 saturated heterocycles. The molecule has 9 nitrogen and oxygen atoms in total. The fraction of sp³-hybridized carbons (Fsp3) is 0.286. The van der Waals surface area contributed by atoms with Gasteiger partial charge in [0.15, 0.2) is 9.84 Å². The molecule has 1 fully saturated rings. The Kier molecular flexibility index (Phi) is 7.53. The summed E-state index contributed by atoms with van der Waals surface area (Å²) in [6, 6.07) is 14.7. The molecule has 0 saturated carbocycles. The molecule has 3 aromatic heterocycles. The van der Waals surface area contributed by atoms with Crippen LogP contribution in [0.15, 0.2) is 60.8 Å². The molecule has 1 aliphatic rings. The van der Waals surface area contributed by atoms with Gasteiger partial charge in [-0.1, -0.05) is 12.1 Å². The summed E-state index contributed by atoms with van der Waals surface area (Å²) in [5, 5.41) is 3.61. The summed E-state index contributed by atoms with van der Waals surface area (Å²) >= 11 is 0. The first-order valence-electron chi connectivity index (χ1n) is 12.5. The molecule has 5 rings (SSSR count). The number of hydrogen-bond acceptors (Lipinski definition) is 8. The van der Waals surface area contributed by atoms with Gasteiger partial charge in [-0.25, -0.2) is 22.8 Å². The third-order valence-electron chi connectivity index (χ3n) is 6.28. The summed E-state index contributed by atoms with van der Waals surface area (Å²) in [5.41, 5.74) is 3.07. The van der Waals surface area contributed by atoms with E-state index in [-0.39, 0.29) is 24.3 Å². The standard InChI is InChI=1S/C28H28FN5O4S/c1-18-16-34(8-9-38-18)27-12-22(29)11-26(33-27)24-7-6-21-14-30-23(13-25(21)32-24)15-31-28(35)20-5-3-4-19(10-20)17-39(2,36)37/h3-7,10-14,18H,8-9,15-17H2,1-2H3,(H,31,35)/t18-/m0/s1. The molecule has 1 N–H and O–H groups in total. The SMILES string of the molecule is C[C@H]1CN(c2cc(F)cc(-c3ccc4cnc(CNC(=O)c5cccc(CS(C)(=O)=O)c5)cc4n3)n2)CCO1. The number of amides is 1. The van der Waals surface area contributed by atoms with Gasteiger partial charge in [0.2, 0.25) is 0 Å². The van der Waals surface area contributed by atoms with Crippen LogP contribution in [0.1, 0.15) is 28.5 Å². The van der Waals surface area contributed by atoms with Crippen molar-refractivity contribution in [2.75, 3.05) is 30.9 Å². The highest BCUT2D eigenvalue weighted by Crippen LogP contribution is 2.25. The average Bonchev–Trinajstić information content (AvgIpc) is 2.90. The van der Waals surface area contributed by atoms with Crippen molar-refractivity contribution in [2.45, 2.75) is 25.3 Å². The Labute approximate surface area is 226 Å². The maximum atomic E-state index is 14.6. The number of ether oxygens (including phenoxy) is 1. The molecule has 1 aromatic carbocycles. The van der Waals surface area contributed by atoms with Gasteiger partial charge in [0.25, 0.3) is 5.91 Å². The Morgan fingerprint density at radius 3 is 2.77 bits per heavy atom. The van der Waals surface area contributed by atoms with Crippen molar-refractivity contribution < 1.29 is 22.3 Å². The number of anilines is 1. The van der Waals surface area contributed by atoms with Crippen molar-refractivity contribution in [1.82, 2.24) is 20.3 Å². The van der Waals surface area contributed by atoms with Gasteiger partial charge in [0.1, 0.15) is 11.6 Å². The lowest BCUT2D eigenvalue weighted by Crippen LogP contribution is -2.41. The fourth-order valence-electron chi connectivity index (χ4n) is 4.48. The number of carbonyl (C=O) groups excluding carboxylic acids is 1. The van der Waals surface area contributed by atoms with Crippen molar-refractivity contribution in [2.24, 2.45) is 0 Å². The molecule has 0 aliphatic carbocycles. The lowest BCUT2D eigenvalue weighted by Gasteiger charge is -2.32. The van der Waals surface area contributed by atoms with Crippen molar-refractivity contribution in [1.29, 1.82) is 0 Å². The van der Waals surface area contributed by atoms with Crippen LogP contribution in [0.4, 0.5) is 10.2 Å². The molecule has 1 atom stereocenters. The zero-order valence-corrected chi connectivity index (χ0v) is 22.4. The van der Waals surface area contributed by atoms with Crippen LogP contribution in [0.5, 0.6) is 0 Å². The number of nitrogens with one attached hydrogen (secondary N) is 1. The lowest BCUT2D eigenvalue weighted by molar-refractivity contribution is 0.0529. The monoisotopic (exact) mass is 549 g/mol. The molecular weight excluding hydrogens is 521 g/mol. The molecule has 202 valence electrons. The van der Waals surface area contributed by atoms with Crippen LogP contribution >= 0.6 is 0 Å². The van der Waals surface area contributed by atoms with Crippen LogP contribution < -0.4 is 10.2 Å². The third-order valence-corrected chi connectivity index (χ3v) is 7.14. The van der Waals surface area contributed by atoms with E-state index in [9.17, 15) is 17.6 Å². The molecule has 0 spiro atoms. The van der Waals surface area contributed by atoms with Gasteiger partial charge < -0.3 is 15.0 Å². The quantitative estimate of drug-likeness (QED) is 0.373. The van der Waals surface area contributed by atoms with E-state index in [2.05, 4.69) is 15.3 Å². The highest BCUT2D eigenvalue weighted by molar-refractivity contribution is 7.89. The second-order valence-electron chi connectivity index (χ2n) is 9.67. The number of fused-ring (bicyclic) bond motifs is 1. The highest BCUT2D eigenvalue weighted by Gasteiger charge is 2.20. The normalized spacial score (nSPS) is 15.9. The number of sulfone groups is 1. The minimum absolute atomic E-state index is 0.0360. The first kappa shape index (κ1) is 26.6. The molecular formula is C28H28FN5O4S. The number of halogens is 1. The Hall–Kier alpha value is -3.96. The van der Waals surface area contributed by atoms with Crippen LogP contribution in [-0.4, -0.2) is 61.3 Å². The third kappa shape index (κ3) is 6.73. The topological polar surface area (TPSA) is 114 Å². The van der Waals surface area contributed by atoms with E-state index in [0.717, 1.165) is 11.6 Å². The number of aromatic nitrogens is 3. The summed E-state index contributed by atoms with van der Waals surface area (Å²) < 4.78 is 43.3. The van der Waals surface area contributed by atoms with E-state index in [1.165, 1.54) is 12.1 Å². The average molecular weight is 550 g/mol. The van der Waals surface area contributed by atoms with Crippen LogP contribution in [0.25, 0.3) is 22.3 Å². The smallest absolute Gasteiger partial charge is 0.251 e. The molecule has 1 amide bonds. The van der Waals surface area contributed by atoms with Crippen LogP contribution in [0.2, 0.25) is 0 Å². The summed E-state index contributed by atoms with van der Waals surface area (Å²) in [5.74, 6) is -0.333. The summed E-state index contributed by atoms with van der Waals surface area (Å²) in [6.45, 7) is 3.94. The molecule has 39 heavy (non-hydrogen) atoms. The molecule has 4 heterocycles. The van der Waals surface area contributed by atoms with Gasteiger partial charge in [-0.05, 0) is 42.8 Å². The van der Waals surface area contributed by atoms with Gasteiger partial charge in [-0.2, -0.15) is 0 Å². The summed E-state index contributed by atoms with van der Waals surface area (Å²) in [7, 11) is -3.21. The fourth-order valence-corrected chi connectivity index (χ4v) is 5.26. The van der Waals surface area contributed by atoms with Gasteiger partial charge in [0.05, 0.1) is 47.6 Å². The van der Waals surface area contributed by atoms with Gasteiger partial charge in [-0.3, -0.25) is 9.78 Å². The zero-order valence-electron chi connectivity index (χ0n) is 21.6. The predicted octanol–water partition coefficient (Wildman–Crippen LogP) is 3.53. The summed E-state index contributed by atoms with van der Waals surface area (Å²) in [4.78, 5) is 28.5. The summed E-state index contributed by atoms with van der Waals surface area (Å²) in [6.07, 6.45) is 2.85. The van der Waals surface area contributed by atoms with Gasteiger partial charge in [-0.15, -0.1) is 0 Å². The molecule has 0 bridgehead atoms. The van der Waals surface area contributed by atoms with Crippen LogP contribution in [0, 0.1) is 5.82 Å². The molecule has 11 heteroatoms. The number of carbonyl (C=O) groups is 1. The molecule has 4 aromatic rings. The lowest BCUT2D eigenvalue weighted by atomic mass is 10.1. The van der Waals surface area contributed by atoms with Crippen LogP contribution in [-0.2, 0) is 26.9 Å². The number of hydrogen-bond donors (Lipinski definition) is 1. The zero-order chi connectivity index (χ0) is 27.6. The number of rotatable bonds is 7. The van der Waals surface area contributed by atoms with E-state index < -0.39 is 15.7 Å². The maximum Gasteiger partial charge on any atom is 0.251 e. The van der Waals surface area contributed by atoms with Crippen LogP contribution in [0.3, 0.4) is 0 Å². The van der Waals surface area contributed by atoms with E-state index in [0.29, 0.717) is 59.2 Å². The Morgan fingerprint density at radius 2 is 1.97 bits per heavy atom. The Bertz CT molecular complexity index is 1650. The molecule has 1 aliphatic heterocycles. The van der Waals surface area contributed by atoms with E-state index in [1.54, 1.807) is 42.6 Å². The van der Waals surface area contributed by atoms with Gasteiger partial charge >= 0.3 is 0 Å². The maximum absolute atomic E-state index is 14.6. The first-order valence-corrected chi connectivity index (χ1v) is 14.5. The van der Waals surface area contributed by atoms with E-state index in [4.69, 9.17) is 9.72 Å². The largest absolute Gasteiger partial charge is 0.375 e. The Morgan fingerprint density at radius 1 is 1.13 bits per heavy atom. The van der Waals surface area contributed by atoms with Gasteiger partial charge in [0, 0.05) is 48.6 Å². The second-order valence-corrected chi connectivity index (χ2v) is 11.8. The minimum atomic E-state index is -3.21. The van der Waals surface area contributed by atoms with Crippen molar-refractivity contribution >= 4 is 32.5 Å². The van der Waals surface area contributed by atoms with E-state index >= 15 is 0 Å². The number of nitrogens with zero attached hydrogens (tertiary/aromatic N) is 4. The number of pyridine rings is 3. The van der Waals surface area contributed by atoms with Crippen molar-refractivity contribution in [3.05, 3.63) is 83.4 Å². The number of benzene rings is 1. The predicted molar refractivity (Wildman–Crippen MR) is 147 cm³/mol. The van der Waals surface area contributed by atoms with Crippen molar-refractivity contribution in [3.8, 4) is 11.4 Å². The highest BCUT2D eigenvalue weighted by atomic mass is 32.2. The Balaban J connectivity index is 1.34. The van der Waals surface area contributed by atoms with E-state index in [1.807, 2.05) is 17.9 Å². The molecule has 0 unspecified atom stereocenters. The molecule has 0 radical (unpaired) electrons. The van der Waals surface area contributed by atoms with Crippen molar-refractivity contribution in [3.63, 3.8) is 0 Å². The number of morpholine rings is 1. The first-order chi connectivity index (χ1) is 18.6. The minimum Gasteiger partial charge on any atom is -0.375 e.